The van der Waals surface area contributed by atoms with Crippen LogP contribution >= 0.6 is 0 Å². The smallest absolute Gasteiger partial charge is 0.347 e. The molecule has 1 aliphatic heterocycles. The zero-order valence-corrected chi connectivity index (χ0v) is 11.4. The lowest BCUT2D eigenvalue weighted by Gasteiger charge is -2.26. The summed E-state index contributed by atoms with van der Waals surface area (Å²) in [6, 6.07) is 9.18. The second-order valence-corrected chi connectivity index (χ2v) is 4.83. The maximum absolute atomic E-state index is 12.1. The van der Waals surface area contributed by atoms with E-state index in [4.69, 9.17) is 4.74 Å². The fourth-order valence-electron chi connectivity index (χ4n) is 2.39. The second-order valence-electron chi connectivity index (χ2n) is 4.83. The Morgan fingerprint density at radius 3 is 3.10 bits per heavy atom. The summed E-state index contributed by atoms with van der Waals surface area (Å²) in [5.74, 6) is 0.583. The van der Waals surface area contributed by atoms with Crippen LogP contribution in [-0.2, 0) is 11.3 Å². The Labute approximate surface area is 121 Å². The van der Waals surface area contributed by atoms with Crippen LogP contribution in [0.2, 0.25) is 0 Å². The van der Waals surface area contributed by atoms with E-state index in [0.717, 1.165) is 11.3 Å². The highest BCUT2D eigenvalue weighted by Crippen LogP contribution is 2.31. The molecule has 108 valence electrons. The monoisotopic (exact) mass is 285 g/mol. The molecule has 1 amide bonds. The summed E-state index contributed by atoms with van der Waals surface area (Å²) >= 11 is 0. The Bertz CT molecular complexity index is 711. The number of ether oxygens (including phenoxy) is 1. The highest BCUT2D eigenvalue weighted by atomic mass is 16.5. The molecular formula is C15H15N3O3. The van der Waals surface area contributed by atoms with Crippen LogP contribution in [0.5, 0.6) is 5.75 Å². The molecule has 1 aromatic carbocycles. The summed E-state index contributed by atoms with van der Waals surface area (Å²) < 4.78 is 6.83. The van der Waals surface area contributed by atoms with E-state index in [0.29, 0.717) is 13.0 Å². The van der Waals surface area contributed by atoms with Gasteiger partial charge in [0.15, 0.2) is 0 Å². The summed E-state index contributed by atoms with van der Waals surface area (Å²) in [4.78, 5) is 27.2. The van der Waals surface area contributed by atoms with Crippen LogP contribution in [0.15, 0.2) is 47.5 Å². The molecule has 1 aliphatic rings. The number of benzene rings is 1. The number of fused-ring (bicyclic) bond motifs is 1. The van der Waals surface area contributed by atoms with Crippen molar-refractivity contribution in [2.24, 2.45) is 0 Å². The van der Waals surface area contributed by atoms with Crippen LogP contribution in [0, 0.1) is 0 Å². The number of hydrogen-bond donors (Lipinski definition) is 1. The zero-order valence-electron chi connectivity index (χ0n) is 11.4. The number of nitrogens with zero attached hydrogens (tertiary/aromatic N) is 2. The first-order valence-corrected chi connectivity index (χ1v) is 6.76. The lowest BCUT2D eigenvalue weighted by Crippen LogP contribution is -2.36. The molecule has 0 bridgehead atoms. The van der Waals surface area contributed by atoms with E-state index in [-0.39, 0.29) is 18.5 Å². The van der Waals surface area contributed by atoms with Gasteiger partial charge in [-0.3, -0.25) is 9.36 Å². The van der Waals surface area contributed by atoms with Crippen molar-refractivity contribution in [1.82, 2.24) is 14.9 Å². The fraction of sp³-hybridized carbons (Fsp3) is 0.267. The Morgan fingerprint density at radius 1 is 1.38 bits per heavy atom. The quantitative estimate of drug-likeness (QED) is 0.908. The summed E-state index contributed by atoms with van der Waals surface area (Å²) in [5.41, 5.74) is 0.538. The number of hydrogen-bond acceptors (Lipinski definition) is 4. The Balaban J connectivity index is 1.72. The number of carbonyl (C=O) groups excluding carboxylic acids is 1. The van der Waals surface area contributed by atoms with E-state index < -0.39 is 5.69 Å². The molecule has 1 atom stereocenters. The average Bonchev–Trinajstić information content (AvgIpc) is 2.50. The molecule has 1 aromatic heterocycles. The van der Waals surface area contributed by atoms with Gasteiger partial charge in [-0.15, -0.1) is 0 Å². The number of carbonyl (C=O) groups is 1. The van der Waals surface area contributed by atoms with E-state index in [2.05, 4.69) is 10.3 Å². The number of amides is 1. The normalized spacial score (nSPS) is 16.7. The average molecular weight is 285 g/mol. The molecule has 6 heteroatoms. The topological polar surface area (TPSA) is 73.2 Å². The van der Waals surface area contributed by atoms with E-state index in [1.54, 1.807) is 12.3 Å². The standard InChI is InChI=1S/C15H15N3O3/c19-14(10-18-8-3-7-16-15(18)20)17-12-6-9-21-13-5-2-1-4-11(12)13/h1-5,7-8,12H,6,9-10H2,(H,17,19)/t12-/m0/s1. The Hall–Kier alpha value is -2.63. The molecule has 6 nitrogen and oxygen atoms in total. The lowest BCUT2D eigenvalue weighted by molar-refractivity contribution is -0.122. The molecule has 0 aliphatic carbocycles. The SMILES string of the molecule is O=C(Cn1cccnc1=O)N[C@H]1CCOc2ccccc21. The predicted octanol–water partition coefficient (Wildman–Crippen LogP) is 0.883. The summed E-state index contributed by atoms with van der Waals surface area (Å²) in [6.07, 6.45) is 3.67. The summed E-state index contributed by atoms with van der Waals surface area (Å²) in [5, 5.41) is 2.94. The largest absolute Gasteiger partial charge is 0.493 e. The molecule has 2 aromatic rings. The summed E-state index contributed by atoms with van der Waals surface area (Å²) in [6.45, 7) is 0.529. The molecular weight excluding hydrogens is 270 g/mol. The zero-order chi connectivity index (χ0) is 14.7. The van der Waals surface area contributed by atoms with Gasteiger partial charge < -0.3 is 10.1 Å². The lowest BCUT2D eigenvalue weighted by atomic mass is 10.0. The van der Waals surface area contributed by atoms with Gasteiger partial charge in [0.05, 0.1) is 12.6 Å². The van der Waals surface area contributed by atoms with Crippen molar-refractivity contribution >= 4 is 5.91 Å². The van der Waals surface area contributed by atoms with Gasteiger partial charge in [-0.2, -0.15) is 0 Å². The van der Waals surface area contributed by atoms with Gasteiger partial charge in [-0.05, 0) is 12.1 Å². The van der Waals surface area contributed by atoms with Gasteiger partial charge in [0, 0.05) is 24.4 Å². The minimum absolute atomic E-state index is 0.0355. The van der Waals surface area contributed by atoms with Gasteiger partial charge in [0.25, 0.3) is 0 Å². The third kappa shape index (κ3) is 2.94. The number of para-hydroxylation sites is 1. The minimum atomic E-state index is -0.431. The van der Waals surface area contributed by atoms with E-state index in [9.17, 15) is 9.59 Å². The third-order valence-electron chi connectivity index (χ3n) is 3.39. The van der Waals surface area contributed by atoms with Crippen molar-refractivity contribution in [3.8, 4) is 5.75 Å². The molecule has 3 rings (SSSR count). The van der Waals surface area contributed by atoms with Crippen LogP contribution in [-0.4, -0.2) is 22.1 Å². The van der Waals surface area contributed by atoms with Crippen molar-refractivity contribution in [3.63, 3.8) is 0 Å². The number of rotatable bonds is 3. The van der Waals surface area contributed by atoms with Gasteiger partial charge in [0.1, 0.15) is 12.3 Å². The minimum Gasteiger partial charge on any atom is -0.493 e. The molecule has 0 saturated heterocycles. The van der Waals surface area contributed by atoms with E-state index in [1.165, 1.54) is 10.8 Å². The highest BCUT2D eigenvalue weighted by molar-refractivity contribution is 5.76. The molecule has 0 spiro atoms. The summed E-state index contributed by atoms with van der Waals surface area (Å²) in [7, 11) is 0. The van der Waals surface area contributed by atoms with Gasteiger partial charge in [0.2, 0.25) is 5.91 Å². The van der Waals surface area contributed by atoms with Gasteiger partial charge in [-0.25, -0.2) is 9.78 Å². The van der Waals surface area contributed by atoms with Gasteiger partial charge >= 0.3 is 5.69 Å². The molecule has 0 saturated carbocycles. The van der Waals surface area contributed by atoms with Crippen molar-refractivity contribution in [2.75, 3.05) is 6.61 Å². The maximum atomic E-state index is 12.1. The molecule has 0 fully saturated rings. The molecule has 1 N–H and O–H groups in total. The Kier molecular flexibility index (Phi) is 3.68. The molecule has 0 radical (unpaired) electrons. The molecule has 0 unspecified atom stereocenters. The Morgan fingerprint density at radius 2 is 2.24 bits per heavy atom. The first-order valence-electron chi connectivity index (χ1n) is 6.76. The molecule has 21 heavy (non-hydrogen) atoms. The van der Waals surface area contributed by atoms with E-state index >= 15 is 0 Å². The van der Waals surface area contributed by atoms with Gasteiger partial charge in [-0.1, -0.05) is 18.2 Å². The fourth-order valence-corrected chi connectivity index (χ4v) is 2.39. The maximum Gasteiger partial charge on any atom is 0.347 e. The number of aromatic nitrogens is 2. The van der Waals surface area contributed by atoms with Crippen LogP contribution < -0.4 is 15.7 Å². The van der Waals surface area contributed by atoms with Crippen LogP contribution in [0.1, 0.15) is 18.0 Å². The third-order valence-corrected chi connectivity index (χ3v) is 3.39. The second kappa shape index (κ2) is 5.78. The van der Waals surface area contributed by atoms with Crippen LogP contribution in [0.3, 0.4) is 0 Å². The number of nitrogens with one attached hydrogen (secondary N) is 1. The van der Waals surface area contributed by atoms with Crippen molar-refractivity contribution in [2.45, 2.75) is 19.0 Å². The predicted molar refractivity (Wildman–Crippen MR) is 75.9 cm³/mol. The molecule has 2 heterocycles. The van der Waals surface area contributed by atoms with Crippen molar-refractivity contribution in [1.29, 1.82) is 0 Å². The van der Waals surface area contributed by atoms with Crippen LogP contribution in [0.25, 0.3) is 0 Å². The van der Waals surface area contributed by atoms with E-state index in [1.807, 2.05) is 24.3 Å². The van der Waals surface area contributed by atoms with Crippen molar-refractivity contribution < 1.29 is 9.53 Å². The highest BCUT2D eigenvalue weighted by Gasteiger charge is 2.22. The van der Waals surface area contributed by atoms with Crippen LogP contribution in [0.4, 0.5) is 0 Å². The first kappa shape index (κ1) is 13.4. The van der Waals surface area contributed by atoms with Crippen molar-refractivity contribution in [3.05, 3.63) is 58.8 Å². The first-order chi connectivity index (χ1) is 10.2.